The monoisotopic (exact) mass is 240 g/mol. The molecule has 0 spiro atoms. The molecule has 0 aromatic carbocycles. The number of hydrogen-bond donors (Lipinski definition) is 1. The van der Waals surface area contributed by atoms with Gasteiger partial charge in [0.15, 0.2) is 5.82 Å². The lowest BCUT2D eigenvalue weighted by Crippen LogP contribution is -2.22. The van der Waals surface area contributed by atoms with Crippen LogP contribution in [-0.2, 0) is 6.54 Å². The maximum Gasteiger partial charge on any atom is 0.250 e. The highest BCUT2D eigenvalue weighted by Gasteiger charge is 2.11. The first-order valence-corrected chi connectivity index (χ1v) is 6.00. The summed E-state index contributed by atoms with van der Waals surface area (Å²) in [6, 6.07) is 2.00. The van der Waals surface area contributed by atoms with Gasteiger partial charge in [-0.05, 0) is 12.0 Å². The van der Waals surface area contributed by atoms with Crippen LogP contribution < -0.4 is 10.1 Å². The molecule has 96 valence electrons. The van der Waals surface area contributed by atoms with Gasteiger partial charge >= 0.3 is 0 Å². The van der Waals surface area contributed by atoms with Crippen molar-refractivity contribution in [2.45, 2.75) is 40.3 Å². The fraction of sp³-hybridized carbons (Fsp3) is 0.615. The molecule has 3 nitrogen and oxygen atoms in total. The highest BCUT2D eigenvalue weighted by atomic mass is 19.1. The van der Waals surface area contributed by atoms with Crippen molar-refractivity contribution < 1.29 is 9.13 Å². The van der Waals surface area contributed by atoms with Crippen molar-refractivity contribution in [3.8, 4) is 5.88 Å². The quantitative estimate of drug-likeness (QED) is 0.830. The average molecular weight is 240 g/mol. The summed E-state index contributed by atoms with van der Waals surface area (Å²) >= 11 is 0. The minimum Gasteiger partial charge on any atom is -0.475 e. The van der Waals surface area contributed by atoms with Gasteiger partial charge in [-0.25, -0.2) is 9.37 Å². The van der Waals surface area contributed by atoms with Gasteiger partial charge in [0.05, 0.1) is 6.61 Å². The summed E-state index contributed by atoms with van der Waals surface area (Å²) < 4.78 is 19.3. The molecule has 0 aliphatic rings. The first kappa shape index (κ1) is 13.9. The molecule has 1 rings (SSSR count). The zero-order valence-electron chi connectivity index (χ0n) is 11.0. The summed E-state index contributed by atoms with van der Waals surface area (Å²) in [6.45, 7) is 9.05. The van der Waals surface area contributed by atoms with E-state index in [2.05, 4.69) is 10.3 Å². The zero-order chi connectivity index (χ0) is 12.8. The Morgan fingerprint density at radius 3 is 2.65 bits per heavy atom. The van der Waals surface area contributed by atoms with E-state index in [0.717, 1.165) is 0 Å². The van der Waals surface area contributed by atoms with Crippen molar-refractivity contribution in [2.24, 2.45) is 5.92 Å². The Morgan fingerprint density at radius 2 is 2.06 bits per heavy atom. The molecule has 0 amide bonds. The van der Waals surface area contributed by atoms with Crippen LogP contribution in [0.15, 0.2) is 12.3 Å². The van der Waals surface area contributed by atoms with Crippen LogP contribution in [0, 0.1) is 11.7 Å². The molecule has 17 heavy (non-hydrogen) atoms. The topological polar surface area (TPSA) is 34.1 Å². The van der Waals surface area contributed by atoms with Crippen molar-refractivity contribution in [1.29, 1.82) is 0 Å². The fourth-order valence-electron chi connectivity index (χ4n) is 1.26. The summed E-state index contributed by atoms with van der Waals surface area (Å²) in [5, 5.41) is 3.17. The first-order valence-electron chi connectivity index (χ1n) is 6.00. The normalized spacial score (nSPS) is 11.2. The molecule has 1 aromatic rings. The van der Waals surface area contributed by atoms with Crippen LogP contribution in [-0.4, -0.2) is 17.6 Å². The maximum absolute atomic E-state index is 13.9. The SMILES string of the molecule is CC(C)COc1nccc(CNC(C)C)c1F. The molecular weight excluding hydrogens is 219 g/mol. The number of hydrogen-bond acceptors (Lipinski definition) is 3. The molecule has 1 heterocycles. The predicted octanol–water partition coefficient (Wildman–Crippen LogP) is 2.75. The lowest BCUT2D eigenvalue weighted by atomic mass is 10.2. The van der Waals surface area contributed by atoms with Gasteiger partial charge in [0.25, 0.3) is 5.88 Å². The van der Waals surface area contributed by atoms with E-state index >= 15 is 0 Å². The van der Waals surface area contributed by atoms with Crippen molar-refractivity contribution in [3.63, 3.8) is 0 Å². The lowest BCUT2D eigenvalue weighted by molar-refractivity contribution is 0.248. The van der Waals surface area contributed by atoms with Crippen LogP contribution in [0.4, 0.5) is 4.39 Å². The molecule has 0 atom stereocenters. The Kier molecular flexibility index (Phi) is 5.35. The van der Waals surface area contributed by atoms with Gasteiger partial charge in [-0.15, -0.1) is 0 Å². The van der Waals surface area contributed by atoms with Gasteiger partial charge in [0.1, 0.15) is 0 Å². The van der Waals surface area contributed by atoms with Gasteiger partial charge in [0, 0.05) is 24.3 Å². The Hall–Kier alpha value is -1.16. The maximum atomic E-state index is 13.9. The standard InChI is InChI=1S/C13H21FN2O/c1-9(2)8-17-13-12(14)11(5-6-15-13)7-16-10(3)4/h5-6,9-10,16H,7-8H2,1-4H3. The van der Waals surface area contributed by atoms with Crippen molar-refractivity contribution in [2.75, 3.05) is 6.61 Å². The molecular formula is C13H21FN2O. The molecule has 0 saturated heterocycles. The third-order valence-electron chi connectivity index (χ3n) is 2.19. The second-order valence-electron chi connectivity index (χ2n) is 4.83. The second kappa shape index (κ2) is 6.55. The smallest absolute Gasteiger partial charge is 0.250 e. The number of pyridine rings is 1. The highest BCUT2D eigenvalue weighted by Crippen LogP contribution is 2.17. The summed E-state index contributed by atoms with van der Waals surface area (Å²) in [6.07, 6.45) is 1.58. The van der Waals surface area contributed by atoms with Gasteiger partial charge in [-0.2, -0.15) is 0 Å². The van der Waals surface area contributed by atoms with Crippen LogP contribution >= 0.6 is 0 Å². The van der Waals surface area contributed by atoms with E-state index in [1.807, 2.05) is 27.7 Å². The number of halogens is 1. The Labute approximate surface area is 102 Å². The van der Waals surface area contributed by atoms with E-state index in [1.165, 1.54) is 0 Å². The zero-order valence-corrected chi connectivity index (χ0v) is 11.0. The Bertz CT molecular complexity index is 323. The van der Waals surface area contributed by atoms with Crippen molar-refractivity contribution in [1.82, 2.24) is 10.3 Å². The molecule has 0 aliphatic carbocycles. The van der Waals surface area contributed by atoms with Crippen LogP contribution in [0.3, 0.4) is 0 Å². The molecule has 0 saturated carbocycles. The number of nitrogens with zero attached hydrogens (tertiary/aromatic N) is 1. The highest BCUT2D eigenvalue weighted by molar-refractivity contribution is 5.23. The second-order valence-corrected chi connectivity index (χ2v) is 4.83. The van der Waals surface area contributed by atoms with E-state index in [-0.39, 0.29) is 11.7 Å². The first-order chi connectivity index (χ1) is 8.00. The van der Waals surface area contributed by atoms with Crippen LogP contribution in [0.25, 0.3) is 0 Å². The minimum absolute atomic E-state index is 0.0988. The number of ether oxygens (including phenoxy) is 1. The average Bonchev–Trinajstić information content (AvgIpc) is 2.25. The molecule has 0 aliphatic heterocycles. The minimum atomic E-state index is -0.360. The van der Waals surface area contributed by atoms with E-state index in [4.69, 9.17) is 4.74 Å². The van der Waals surface area contributed by atoms with Crippen molar-refractivity contribution in [3.05, 3.63) is 23.6 Å². The molecule has 0 bridgehead atoms. The lowest BCUT2D eigenvalue weighted by Gasteiger charge is -2.12. The summed E-state index contributed by atoms with van der Waals surface area (Å²) in [7, 11) is 0. The molecule has 0 radical (unpaired) electrons. The van der Waals surface area contributed by atoms with E-state index in [9.17, 15) is 4.39 Å². The number of aromatic nitrogens is 1. The molecule has 0 fully saturated rings. The van der Waals surface area contributed by atoms with Crippen LogP contribution in [0.5, 0.6) is 5.88 Å². The molecule has 1 N–H and O–H groups in total. The van der Waals surface area contributed by atoms with Gasteiger partial charge in [0.2, 0.25) is 0 Å². The van der Waals surface area contributed by atoms with Gasteiger partial charge < -0.3 is 10.1 Å². The van der Waals surface area contributed by atoms with Gasteiger partial charge in [-0.1, -0.05) is 27.7 Å². The molecule has 0 unspecified atom stereocenters. The third-order valence-corrected chi connectivity index (χ3v) is 2.19. The van der Waals surface area contributed by atoms with E-state index < -0.39 is 0 Å². The molecule has 4 heteroatoms. The number of rotatable bonds is 6. The third kappa shape index (κ3) is 4.69. The summed E-state index contributed by atoms with van der Waals surface area (Å²) in [5.41, 5.74) is 0.590. The number of nitrogens with one attached hydrogen (secondary N) is 1. The summed E-state index contributed by atoms with van der Waals surface area (Å²) in [5.74, 6) is 0.0942. The Morgan fingerprint density at radius 1 is 1.35 bits per heavy atom. The summed E-state index contributed by atoms with van der Waals surface area (Å²) in [4.78, 5) is 3.91. The van der Waals surface area contributed by atoms with E-state index in [0.29, 0.717) is 30.7 Å². The molecule has 1 aromatic heterocycles. The van der Waals surface area contributed by atoms with Gasteiger partial charge in [-0.3, -0.25) is 0 Å². The fourth-order valence-corrected chi connectivity index (χ4v) is 1.26. The van der Waals surface area contributed by atoms with Crippen molar-refractivity contribution >= 4 is 0 Å². The van der Waals surface area contributed by atoms with Crippen LogP contribution in [0.1, 0.15) is 33.3 Å². The van der Waals surface area contributed by atoms with E-state index in [1.54, 1.807) is 12.3 Å². The van der Waals surface area contributed by atoms with Crippen LogP contribution in [0.2, 0.25) is 0 Å². The predicted molar refractivity (Wildman–Crippen MR) is 66.5 cm³/mol. The Balaban J connectivity index is 2.69. The largest absolute Gasteiger partial charge is 0.475 e.